The van der Waals surface area contributed by atoms with Gasteiger partial charge in [-0.2, -0.15) is 0 Å². The molecule has 0 saturated heterocycles. The molecule has 0 aromatic rings. The van der Waals surface area contributed by atoms with Gasteiger partial charge in [-0.3, -0.25) is 32.5 Å². The molecule has 0 radical (unpaired) electrons. The van der Waals surface area contributed by atoms with Gasteiger partial charge in [-0.1, -0.05) is 312 Å². The van der Waals surface area contributed by atoms with Crippen LogP contribution in [0, 0.1) is 0 Å². The van der Waals surface area contributed by atoms with Crippen molar-refractivity contribution in [3.05, 3.63) is 182 Å². The van der Waals surface area contributed by atoms with Crippen LogP contribution in [0.15, 0.2) is 182 Å². The molecule has 0 heterocycles. The molecule has 16 nitrogen and oxygen atoms in total. The normalized spacial score (nSPS) is 14.9. The predicted molar refractivity (Wildman–Crippen MR) is 445 cm³/mol. The fourth-order valence-electron chi connectivity index (χ4n) is 10.5. The standard InChI is InChI=1S/C89H146O16P2/c1-4-7-10-13-16-19-22-25-28-31-34-36-37-38-39-40-41-42-43-44-45-47-50-51-54-57-60-63-66-69-72-75-87(92)99-78-84(90)79-101-106(95,96)102-80-85(91)81-103-107(97,98)104-83-86(105-89(94)77-74-71-68-65-62-59-56-53-48-33-30-27-24-21-18-15-12-9-6-3)82-100-88(93)76-73-70-67-64-61-58-55-52-49-46-35-32-29-26-23-20-17-14-11-8-5-2/h7-12,16-21,25-30,34-36,38-39,46,48,52-53,55,61,64,84-86,90-91H,4-6,13-15,22-24,31-33,37,40-45,47,49-51,54,56-60,62-63,65-83H2,1-3H3,(H,95,96)(H,97,98)/b10-7-,11-8-,12-9-,19-16-,20-17-,21-18-,28-25-,29-26-,30-27-,36-34-,39-38-,46-35-,53-48-,55-52-,64-61-. The Kier molecular flexibility index (Phi) is 76.2. The van der Waals surface area contributed by atoms with Crippen LogP contribution >= 0.6 is 15.6 Å². The minimum absolute atomic E-state index is 0.0718. The smallest absolute Gasteiger partial charge is 0.463 e. The van der Waals surface area contributed by atoms with E-state index in [0.717, 1.165) is 167 Å². The van der Waals surface area contributed by atoms with Gasteiger partial charge in [-0.05, 0) is 154 Å². The Hall–Kier alpha value is -5.35. The van der Waals surface area contributed by atoms with Gasteiger partial charge in [-0.25, -0.2) is 9.13 Å². The second-order valence-electron chi connectivity index (χ2n) is 26.8. The SMILES string of the molecule is CC/C=C\C/C=C\C/C=C\C/C=C\C/C=C\C/C=C\CCCCC(=O)OCC(COP(=O)(O)OCC(O)COP(=O)(O)OCC(O)COC(=O)CCCCCCCCCCCCCCCCC/C=C\C/C=C\C/C=C\C/C=C\C/C=C\CC)OC(=O)CCCCCCCC/C=C\C/C=C\C/C=C\C/C=C\CC. The maximum absolute atomic E-state index is 13.0. The van der Waals surface area contributed by atoms with Gasteiger partial charge in [0, 0.05) is 19.3 Å². The lowest BCUT2D eigenvalue weighted by molar-refractivity contribution is -0.161. The first kappa shape index (κ1) is 102. The lowest BCUT2D eigenvalue weighted by Gasteiger charge is -2.21. The van der Waals surface area contributed by atoms with Crippen molar-refractivity contribution in [3.63, 3.8) is 0 Å². The Morgan fingerprint density at radius 3 is 0.757 bits per heavy atom. The fourth-order valence-corrected chi connectivity index (χ4v) is 12.1. The monoisotopic (exact) mass is 1530 g/mol. The summed E-state index contributed by atoms with van der Waals surface area (Å²) >= 11 is 0. The molecule has 107 heavy (non-hydrogen) atoms. The predicted octanol–water partition coefficient (Wildman–Crippen LogP) is 24.5. The maximum atomic E-state index is 13.0. The largest absolute Gasteiger partial charge is 0.472 e. The molecule has 0 aromatic carbocycles. The van der Waals surface area contributed by atoms with E-state index in [0.29, 0.717) is 19.3 Å². The number of carbonyl (C=O) groups excluding carboxylic acids is 3. The van der Waals surface area contributed by atoms with Gasteiger partial charge in [-0.15, -0.1) is 0 Å². The Morgan fingerprint density at radius 1 is 0.262 bits per heavy atom. The molecule has 0 saturated carbocycles. The molecule has 18 heteroatoms. The summed E-state index contributed by atoms with van der Waals surface area (Å²) in [7, 11) is -9.82. The summed E-state index contributed by atoms with van der Waals surface area (Å²) in [6, 6.07) is 0. The Balaban J connectivity index is 4.61. The highest BCUT2D eigenvalue weighted by atomic mass is 31.2. The molecule has 0 bridgehead atoms. The summed E-state index contributed by atoms with van der Waals surface area (Å²) in [4.78, 5) is 58.7. The fraction of sp³-hybridized carbons (Fsp3) is 0.629. The van der Waals surface area contributed by atoms with Gasteiger partial charge in [0.25, 0.3) is 0 Å². The highest BCUT2D eigenvalue weighted by molar-refractivity contribution is 7.47. The molecule has 5 atom stereocenters. The van der Waals surface area contributed by atoms with Gasteiger partial charge >= 0.3 is 33.6 Å². The molecule has 0 aliphatic heterocycles. The average molecular weight is 1530 g/mol. The van der Waals surface area contributed by atoms with Crippen LogP contribution in [0.5, 0.6) is 0 Å². The molecule has 608 valence electrons. The van der Waals surface area contributed by atoms with Crippen molar-refractivity contribution < 1.29 is 75.8 Å². The molecule has 4 N–H and O–H groups in total. The average Bonchev–Trinajstić information content (AvgIpc) is 0.928. The second kappa shape index (κ2) is 80.2. The number of hydrogen-bond acceptors (Lipinski definition) is 14. The van der Waals surface area contributed by atoms with E-state index in [1.54, 1.807) is 0 Å². The molecule has 0 aliphatic carbocycles. The van der Waals surface area contributed by atoms with E-state index < -0.39 is 91.5 Å². The lowest BCUT2D eigenvalue weighted by atomic mass is 10.0. The number of ether oxygens (including phenoxy) is 3. The number of phosphoric ester groups is 2. The van der Waals surface area contributed by atoms with Crippen molar-refractivity contribution in [2.75, 3.05) is 39.6 Å². The number of rotatable bonds is 76. The van der Waals surface area contributed by atoms with E-state index >= 15 is 0 Å². The highest BCUT2D eigenvalue weighted by Gasteiger charge is 2.29. The molecular formula is C89H146O16P2. The summed E-state index contributed by atoms with van der Waals surface area (Å²) in [6.07, 6.45) is 104. The number of aliphatic hydroxyl groups is 2. The van der Waals surface area contributed by atoms with E-state index in [-0.39, 0.29) is 19.3 Å². The molecular weight excluding hydrogens is 1390 g/mol. The van der Waals surface area contributed by atoms with Crippen molar-refractivity contribution in [2.24, 2.45) is 0 Å². The Labute approximate surface area is 649 Å². The number of allylic oxidation sites excluding steroid dienone is 30. The van der Waals surface area contributed by atoms with Gasteiger partial charge in [0.05, 0.1) is 26.4 Å². The van der Waals surface area contributed by atoms with Crippen LogP contribution in [-0.2, 0) is 55.8 Å². The summed E-state index contributed by atoms with van der Waals surface area (Å²) < 4.78 is 61.2. The quantitative estimate of drug-likeness (QED) is 0.0146. The summed E-state index contributed by atoms with van der Waals surface area (Å²) in [6.45, 7) is 2.27. The van der Waals surface area contributed by atoms with E-state index in [1.165, 1.54) is 77.0 Å². The lowest BCUT2D eigenvalue weighted by Crippen LogP contribution is -2.30. The molecule has 0 fully saturated rings. The van der Waals surface area contributed by atoms with Crippen LogP contribution in [0.3, 0.4) is 0 Å². The molecule has 5 unspecified atom stereocenters. The summed E-state index contributed by atoms with van der Waals surface area (Å²) in [5, 5.41) is 20.7. The van der Waals surface area contributed by atoms with E-state index in [2.05, 4.69) is 203 Å². The third kappa shape index (κ3) is 81.5. The van der Waals surface area contributed by atoms with E-state index in [4.69, 9.17) is 32.3 Å². The number of carbonyl (C=O) groups is 3. The third-order valence-corrected chi connectivity index (χ3v) is 18.5. The molecule has 0 spiro atoms. The molecule has 0 rings (SSSR count). The highest BCUT2D eigenvalue weighted by Crippen LogP contribution is 2.45. The molecule has 0 aromatic heterocycles. The third-order valence-electron chi connectivity index (χ3n) is 16.6. The number of aliphatic hydroxyl groups excluding tert-OH is 2. The minimum atomic E-state index is -4.96. The first-order valence-corrected chi connectivity index (χ1v) is 44.1. The van der Waals surface area contributed by atoms with Gasteiger partial charge in [0.15, 0.2) is 6.10 Å². The topological polar surface area (TPSA) is 231 Å². The van der Waals surface area contributed by atoms with Crippen molar-refractivity contribution in [3.8, 4) is 0 Å². The van der Waals surface area contributed by atoms with Crippen LogP contribution in [0.2, 0.25) is 0 Å². The first-order chi connectivity index (χ1) is 52.2. The van der Waals surface area contributed by atoms with Crippen molar-refractivity contribution >= 4 is 33.6 Å². The minimum Gasteiger partial charge on any atom is -0.463 e. The number of unbranched alkanes of at least 4 members (excludes halogenated alkanes) is 23. The van der Waals surface area contributed by atoms with Crippen LogP contribution < -0.4 is 0 Å². The van der Waals surface area contributed by atoms with E-state index in [1.807, 2.05) is 0 Å². The van der Waals surface area contributed by atoms with E-state index in [9.17, 15) is 43.5 Å². The Bertz CT molecular complexity index is 2670. The molecule has 0 aliphatic rings. The van der Waals surface area contributed by atoms with Crippen molar-refractivity contribution in [1.29, 1.82) is 0 Å². The second-order valence-corrected chi connectivity index (χ2v) is 29.7. The van der Waals surface area contributed by atoms with Gasteiger partial charge in [0.2, 0.25) is 0 Å². The zero-order valence-corrected chi connectivity index (χ0v) is 68.3. The zero-order valence-electron chi connectivity index (χ0n) is 66.5. The van der Waals surface area contributed by atoms with Gasteiger partial charge < -0.3 is 34.2 Å². The first-order valence-electron chi connectivity index (χ1n) is 41.1. The van der Waals surface area contributed by atoms with Gasteiger partial charge in [0.1, 0.15) is 25.4 Å². The summed E-state index contributed by atoms with van der Waals surface area (Å²) in [5.74, 6) is -1.65. The van der Waals surface area contributed by atoms with Crippen LogP contribution in [0.25, 0.3) is 0 Å². The van der Waals surface area contributed by atoms with Crippen LogP contribution in [-0.4, -0.2) is 95.9 Å². The van der Waals surface area contributed by atoms with Crippen molar-refractivity contribution in [2.45, 2.75) is 322 Å². The van der Waals surface area contributed by atoms with Crippen LogP contribution in [0.4, 0.5) is 0 Å². The zero-order chi connectivity index (χ0) is 78.0. The maximum Gasteiger partial charge on any atom is 0.472 e. The summed E-state index contributed by atoms with van der Waals surface area (Å²) in [5.41, 5.74) is 0. The number of phosphoric acid groups is 2. The molecule has 0 amide bonds. The van der Waals surface area contributed by atoms with Crippen LogP contribution in [0.1, 0.15) is 303 Å². The number of hydrogen-bond donors (Lipinski definition) is 4. The number of esters is 3. The Morgan fingerprint density at radius 2 is 0.467 bits per heavy atom. The van der Waals surface area contributed by atoms with Crippen molar-refractivity contribution in [1.82, 2.24) is 0 Å².